The summed E-state index contributed by atoms with van der Waals surface area (Å²) in [5, 5.41) is 3.35. The molecule has 0 aromatic carbocycles. The highest BCUT2D eigenvalue weighted by Crippen LogP contribution is 2.12. The maximum absolute atomic E-state index is 5.36. The van der Waals surface area contributed by atoms with Gasteiger partial charge in [-0.1, -0.05) is 11.3 Å². The summed E-state index contributed by atoms with van der Waals surface area (Å²) in [6.07, 6.45) is 2.07. The van der Waals surface area contributed by atoms with Crippen LogP contribution in [0.3, 0.4) is 0 Å². The smallest absolute Gasteiger partial charge is 0.506 e. The largest absolute Gasteiger partial charge is 1.00 e. The summed E-state index contributed by atoms with van der Waals surface area (Å²) >= 11 is 1.73. The molecule has 0 fully saturated rings. The van der Waals surface area contributed by atoms with Crippen LogP contribution in [0.1, 0.15) is 5.01 Å². The molecule has 0 radical (unpaired) electrons. The SMILES string of the molecule is CO[Si](CC[n+]1ccsc1C)(OC)OC.[I-]. The fraction of sp³-hybridized carbons (Fsp3) is 0.667. The summed E-state index contributed by atoms with van der Waals surface area (Å²) in [6, 6.07) is 0.790. The number of aromatic nitrogens is 1. The Kier molecular flexibility index (Phi) is 7.94. The first-order chi connectivity index (χ1) is 7.17. The van der Waals surface area contributed by atoms with Gasteiger partial charge in [0, 0.05) is 28.3 Å². The molecule has 4 nitrogen and oxygen atoms in total. The van der Waals surface area contributed by atoms with Crippen LogP contribution in [-0.2, 0) is 19.8 Å². The van der Waals surface area contributed by atoms with Gasteiger partial charge in [0.15, 0.2) is 12.7 Å². The van der Waals surface area contributed by atoms with Crippen LogP contribution in [0.2, 0.25) is 6.04 Å². The fourth-order valence-electron chi connectivity index (χ4n) is 1.42. The number of nitrogens with zero attached hydrogens (tertiary/aromatic N) is 1. The van der Waals surface area contributed by atoms with Gasteiger partial charge in [-0.2, -0.15) is 4.57 Å². The maximum Gasteiger partial charge on any atom is 0.506 e. The van der Waals surface area contributed by atoms with Gasteiger partial charge in [-0.05, 0) is 0 Å². The molecule has 0 aliphatic rings. The molecule has 16 heavy (non-hydrogen) atoms. The summed E-state index contributed by atoms with van der Waals surface area (Å²) < 4.78 is 18.3. The molecule has 0 unspecified atom stereocenters. The van der Waals surface area contributed by atoms with Crippen LogP contribution >= 0.6 is 11.3 Å². The predicted octanol–water partition coefficient (Wildman–Crippen LogP) is -1.77. The Morgan fingerprint density at radius 1 is 1.25 bits per heavy atom. The topological polar surface area (TPSA) is 31.6 Å². The molecule has 0 atom stereocenters. The zero-order valence-corrected chi connectivity index (χ0v) is 14.0. The number of thiazole rings is 1. The van der Waals surface area contributed by atoms with Crippen molar-refractivity contribution in [2.75, 3.05) is 21.3 Å². The van der Waals surface area contributed by atoms with Crippen LogP contribution in [0.15, 0.2) is 11.6 Å². The van der Waals surface area contributed by atoms with Crippen molar-refractivity contribution in [3.8, 4) is 0 Å². The van der Waals surface area contributed by atoms with E-state index < -0.39 is 8.80 Å². The number of hydrogen-bond donors (Lipinski definition) is 0. The summed E-state index contributed by atoms with van der Waals surface area (Å²) in [6.45, 7) is 2.97. The highest BCUT2D eigenvalue weighted by atomic mass is 127. The molecule has 0 amide bonds. The first kappa shape index (κ1) is 16.5. The highest BCUT2D eigenvalue weighted by Gasteiger charge is 2.39. The van der Waals surface area contributed by atoms with Crippen molar-refractivity contribution in [2.24, 2.45) is 0 Å². The van der Waals surface area contributed by atoms with E-state index in [0.717, 1.165) is 12.6 Å². The Labute approximate surface area is 119 Å². The Hall–Kier alpha value is 0.457. The van der Waals surface area contributed by atoms with E-state index in [4.69, 9.17) is 13.3 Å². The quantitative estimate of drug-likeness (QED) is 0.335. The lowest BCUT2D eigenvalue weighted by atomic mass is 10.6. The zero-order chi connectivity index (χ0) is 11.3. The lowest BCUT2D eigenvalue weighted by molar-refractivity contribution is -0.694. The van der Waals surface area contributed by atoms with E-state index in [1.165, 1.54) is 5.01 Å². The predicted molar refractivity (Wildman–Crippen MR) is 60.8 cm³/mol. The molecule has 1 aromatic rings. The van der Waals surface area contributed by atoms with Gasteiger partial charge in [-0.15, -0.1) is 0 Å². The van der Waals surface area contributed by atoms with Gasteiger partial charge in [0.2, 0.25) is 5.01 Å². The molecule has 1 heterocycles. The first-order valence-corrected chi connectivity index (χ1v) is 7.57. The minimum absolute atomic E-state index is 0. The second kappa shape index (κ2) is 7.72. The van der Waals surface area contributed by atoms with E-state index in [1.54, 1.807) is 32.7 Å². The molecule has 0 saturated carbocycles. The van der Waals surface area contributed by atoms with E-state index in [-0.39, 0.29) is 24.0 Å². The summed E-state index contributed by atoms with van der Waals surface area (Å²) in [5.74, 6) is 0. The van der Waals surface area contributed by atoms with Gasteiger partial charge in [0.1, 0.15) is 0 Å². The molecule has 94 valence electrons. The van der Waals surface area contributed by atoms with Crippen molar-refractivity contribution in [3.05, 3.63) is 16.6 Å². The molecule has 0 spiro atoms. The molecule has 1 rings (SSSR count). The number of hydrogen-bond acceptors (Lipinski definition) is 4. The van der Waals surface area contributed by atoms with Crippen molar-refractivity contribution in [1.82, 2.24) is 0 Å². The lowest BCUT2D eigenvalue weighted by Gasteiger charge is -2.22. The Bertz CT molecular complexity index is 298. The summed E-state index contributed by atoms with van der Waals surface area (Å²) in [7, 11) is 2.52. The average molecular weight is 375 g/mol. The van der Waals surface area contributed by atoms with Crippen molar-refractivity contribution in [3.63, 3.8) is 0 Å². The highest BCUT2D eigenvalue weighted by molar-refractivity contribution is 7.09. The normalized spacial score (nSPS) is 11.2. The molecular formula is C9H18INO3SSi. The van der Waals surface area contributed by atoms with Crippen molar-refractivity contribution >= 4 is 20.1 Å². The van der Waals surface area contributed by atoms with Gasteiger partial charge in [-0.3, -0.25) is 0 Å². The maximum atomic E-state index is 5.36. The summed E-state index contributed by atoms with van der Waals surface area (Å²) in [5.41, 5.74) is 0. The van der Waals surface area contributed by atoms with Crippen molar-refractivity contribution in [1.29, 1.82) is 0 Å². The van der Waals surface area contributed by atoms with E-state index in [0.29, 0.717) is 0 Å². The van der Waals surface area contributed by atoms with Crippen LogP contribution < -0.4 is 28.5 Å². The van der Waals surface area contributed by atoms with E-state index >= 15 is 0 Å². The van der Waals surface area contributed by atoms with Gasteiger partial charge < -0.3 is 37.3 Å². The molecule has 0 aliphatic heterocycles. The minimum atomic E-state index is -2.41. The second-order valence-electron chi connectivity index (χ2n) is 3.16. The van der Waals surface area contributed by atoms with Gasteiger partial charge in [0.05, 0.1) is 11.4 Å². The average Bonchev–Trinajstić information content (AvgIpc) is 2.67. The van der Waals surface area contributed by atoms with E-state index in [2.05, 4.69) is 23.1 Å². The van der Waals surface area contributed by atoms with Gasteiger partial charge in [-0.25, -0.2) is 0 Å². The number of halogens is 1. The fourth-order valence-corrected chi connectivity index (χ4v) is 3.74. The van der Waals surface area contributed by atoms with Crippen molar-refractivity contribution < 1.29 is 41.8 Å². The molecule has 7 heteroatoms. The monoisotopic (exact) mass is 375 g/mol. The van der Waals surface area contributed by atoms with Crippen LogP contribution in [0.25, 0.3) is 0 Å². The van der Waals surface area contributed by atoms with Crippen LogP contribution in [0.4, 0.5) is 0 Å². The van der Waals surface area contributed by atoms with Crippen LogP contribution in [0, 0.1) is 6.92 Å². The third-order valence-corrected chi connectivity index (χ3v) is 6.01. The zero-order valence-electron chi connectivity index (χ0n) is 10.0. The Morgan fingerprint density at radius 2 is 1.81 bits per heavy atom. The lowest BCUT2D eigenvalue weighted by Crippen LogP contribution is -3.00. The van der Waals surface area contributed by atoms with E-state index in [1.807, 2.05) is 0 Å². The Morgan fingerprint density at radius 3 is 2.19 bits per heavy atom. The molecule has 0 aliphatic carbocycles. The van der Waals surface area contributed by atoms with Crippen molar-refractivity contribution in [2.45, 2.75) is 19.5 Å². The standard InChI is InChI=1S/C9H18NO3SSi.HI/c1-9-10(5-7-14-9)6-8-15(11-2,12-3)13-4;/h5,7H,6,8H2,1-4H3;1H/q+1;/p-1. The molecule has 1 aromatic heterocycles. The van der Waals surface area contributed by atoms with Gasteiger partial charge in [0.25, 0.3) is 0 Å². The second-order valence-corrected chi connectivity index (χ2v) is 7.35. The number of aryl methyl sites for hydroxylation is 2. The third-order valence-electron chi connectivity index (χ3n) is 2.48. The molecule has 0 saturated heterocycles. The molecule has 0 N–H and O–H groups in total. The summed E-state index contributed by atoms with van der Waals surface area (Å²) in [4.78, 5) is 0. The molecule has 0 bridgehead atoms. The van der Waals surface area contributed by atoms with Crippen LogP contribution in [0.5, 0.6) is 0 Å². The van der Waals surface area contributed by atoms with Gasteiger partial charge >= 0.3 is 8.80 Å². The third kappa shape index (κ3) is 4.04. The Balaban J connectivity index is 0.00000225. The minimum Gasteiger partial charge on any atom is -1.00 e. The van der Waals surface area contributed by atoms with E-state index in [9.17, 15) is 0 Å². The first-order valence-electron chi connectivity index (χ1n) is 4.76. The molecular weight excluding hydrogens is 357 g/mol. The number of rotatable bonds is 6. The van der Waals surface area contributed by atoms with Crippen LogP contribution in [-0.4, -0.2) is 30.1 Å².